The van der Waals surface area contributed by atoms with Gasteiger partial charge in [0, 0.05) is 42.5 Å². The van der Waals surface area contributed by atoms with Gasteiger partial charge in [-0.25, -0.2) is 0 Å². The number of benzene rings is 2. The van der Waals surface area contributed by atoms with Crippen LogP contribution in [0, 0.1) is 0 Å². The lowest BCUT2D eigenvalue weighted by Gasteiger charge is -2.15. The maximum absolute atomic E-state index is 5.51. The van der Waals surface area contributed by atoms with E-state index in [9.17, 15) is 0 Å². The molecule has 2 rings (SSSR count). The second-order valence-corrected chi connectivity index (χ2v) is 6.22. The quantitative estimate of drug-likeness (QED) is 0.453. The van der Waals surface area contributed by atoms with E-state index in [2.05, 4.69) is 15.6 Å². The third-order valence-corrected chi connectivity index (χ3v) is 4.44. The predicted molar refractivity (Wildman–Crippen MR) is 119 cm³/mol. The molecule has 8 heteroatoms. The van der Waals surface area contributed by atoms with Crippen LogP contribution in [0.3, 0.4) is 0 Å². The predicted octanol–water partition coefficient (Wildman–Crippen LogP) is 3.35. The van der Waals surface area contributed by atoms with Crippen molar-refractivity contribution >= 4 is 11.6 Å². The molecule has 0 radical (unpaired) electrons. The molecule has 0 spiro atoms. The molecule has 0 amide bonds. The molecule has 0 atom stereocenters. The summed E-state index contributed by atoms with van der Waals surface area (Å²) in [5.41, 5.74) is 1.78. The van der Waals surface area contributed by atoms with Gasteiger partial charge in [-0.3, -0.25) is 4.99 Å². The zero-order chi connectivity index (χ0) is 21.9. The summed E-state index contributed by atoms with van der Waals surface area (Å²) in [6.07, 6.45) is 0.638. The van der Waals surface area contributed by atoms with E-state index in [1.807, 2.05) is 37.3 Å². The first kappa shape index (κ1) is 23.0. The summed E-state index contributed by atoms with van der Waals surface area (Å²) in [5.74, 6) is 4.07. The molecule has 0 fully saturated rings. The lowest BCUT2D eigenvalue weighted by Crippen LogP contribution is -2.30. The molecule has 0 saturated heterocycles. The lowest BCUT2D eigenvalue weighted by molar-refractivity contribution is 0.355. The molecule has 2 aromatic carbocycles. The lowest BCUT2D eigenvalue weighted by atomic mass is 10.1. The molecule has 8 nitrogen and oxygen atoms in total. The minimum Gasteiger partial charge on any atom is -0.496 e. The van der Waals surface area contributed by atoms with Gasteiger partial charge in [0.2, 0.25) is 0 Å². The van der Waals surface area contributed by atoms with Crippen LogP contribution in [0.5, 0.6) is 28.7 Å². The van der Waals surface area contributed by atoms with E-state index >= 15 is 0 Å². The molecule has 30 heavy (non-hydrogen) atoms. The normalized spacial score (nSPS) is 10.9. The van der Waals surface area contributed by atoms with Crippen molar-refractivity contribution in [1.29, 1.82) is 0 Å². The van der Waals surface area contributed by atoms with Crippen molar-refractivity contribution in [3.8, 4) is 28.7 Å². The van der Waals surface area contributed by atoms with E-state index in [4.69, 9.17) is 23.7 Å². The average molecular weight is 418 g/mol. The molecule has 0 aliphatic rings. The fourth-order valence-electron chi connectivity index (χ4n) is 2.96. The number of hydrogen-bond acceptors (Lipinski definition) is 6. The second kappa shape index (κ2) is 11.6. The number of nitrogens with one attached hydrogen (secondary N) is 2. The smallest absolute Gasteiger partial charge is 0.195 e. The maximum Gasteiger partial charge on any atom is 0.195 e. The number of nitrogens with zero attached hydrogens (tertiary/aromatic N) is 1. The van der Waals surface area contributed by atoms with Crippen LogP contribution in [0.2, 0.25) is 0 Å². The Hall–Kier alpha value is -3.29. The van der Waals surface area contributed by atoms with Crippen molar-refractivity contribution in [1.82, 2.24) is 5.32 Å². The Balaban J connectivity index is 2.18. The zero-order valence-corrected chi connectivity index (χ0v) is 18.5. The van der Waals surface area contributed by atoms with Crippen LogP contribution in [-0.2, 0) is 6.42 Å². The third kappa shape index (κ3) is 5.85. The number of ether oxygens (including phenoxy) is 5. The van der Waals surface area contributed by atoms with E-state index in [-0.39, 0.29) is 0 Å². The van der Waals surface area contributed by atoms with Gasteiger partial charge in [0.15, 0.2) is 17.5 Å². The molecular weight excluding hydrogens is 386 g/mol. The number of guanidine groups is 1. The molecule has 2 N–H and O–H groups in total. The number of anilines is 1. The van der Waals surface area contributed by atoms with Gasteiger partial charge in [-0.05, 0) is 25.5 Å². The Morgan fingerprint density at radius 1 is 0.800 bits per heavy atom. The molecular formula is C22H31N3O5. The first-order chi connectivity index (χ1) is 14.6. The Bertz CT molecular complexity index is 830. The molecule has 0 unspecified atom stereocenters. The summed E-state index contributed by atoms with van der Waals surface area (Å²) in [6.45, 7) is 3.28. The summed E-state index contributed by atoms with van der Waals surface area (Å²) in [6, 6.07) is 9.30. The van der Waals surface area contributed by atoms with Crippen LogP contribution in [0.4, 0.5) is 5.69 Å². The number of rotatable bonds is 10. The van der Waals surface area contributed by atoms with E-state index in [1.165, 1.54) is 0 Å². The van der Waals surface area contributed by atoms with E-state index < -0.39 is 0 Å². The summed E-state index contributed by atoms with van der Waals surface area (Å²) in [4.78, 5) is 4.68. The molecule has 2 aromatic rings. The molecule has 0 aliphatic carbocycles. The largest absolute Gasteiger partial charge is 0.496 e. The first-order valence-electron chi connectivity index (χ1n) is 9.66. The highest BCUT2D eigenvalue weighted by molar-refractivity contribution is 5.93. The highest BCUT2D eigenvalue weighted by Crippen LogP contribution is 2.34. The third-order valence-electron chi connectivity index (χ3n) is 4.44. The molecule has 0 saturated carbocycles. The zero-order valence-electron chi connectivity index (χ0n) is 18.5. The SMILES string of the molecule is CCNC(=NCCc1c(OC)cc(OC)cc1OC)Nc1ccc(OC)c(OC)c1. The van der Waals surface area contributed by atoms with Gasteiger partial charge in [0.25, 0.3) is 0 Å². The average Bonchev–Trinajstić information content (AvgIpc) is 2.78. The minimum absolute atomic E-state index is 0.529. The van der Waals surface area contributed by atoms with Crippen molar-refractivity contribution in [2.75, 3.05) is 54.0 Å². The van der Waals surface area contributed by atoms with Crippen LogP contribution in [0.1, 0.15) is 12.5 Å². The molecule has 0 aliphatic heterocycles. The van der Waals surface area contributed by atoms with Crippen molar-refractivity contribution in [2.24, 2.45) is 4.99 Å². The monoisotopic (exact) mass is 417 g/mol. The number of hydrogen-bond donors (Lipinski definition) is 2. The molecule has 0 heterocycles. The van der Waals surface area contributed by atoms with Crippen LogP contribution in [0.15, 0.2) is 35.3 Å². The van der Waals surface area contributed by atoms with Gasteiger partial charge in [-0.2, -0.15) is 0 Å². The van der Waals surface area contributed by atoms with Gasteiger partial charge < -0.3 is 34.3 Å². The van der Waals surface area contributed by atoms with Crippen LogP contribution in [-0.4, -0.2) is 54.6 Å². The highest BCUT2D eigenvalue weighted by atomic mass is 16.5. The van der Waals surface area contributed by atoms with Gasteiger partial charge in [0.05, 0.1) is 35.5 Å². The maximum atomic E-state index is 5.51. The van der Waals surface area contributed by atoms with Gasteiger partial charge in [-0.15, -0.1) is 0 Å². The van der Waals surface area contributed by atoms with Crippen molar-refractivity contribution < 1.29 is 23.7 Å². The molecule has 164 valence electrons. The summed E-state index contributed by atoms with van der Waals surface area (Å²) >= 11 is 0. The standard InChI is InChI=1S/C22H31N3O5/c1-7-23-22(25-15-8-9-18(27-3)21(12-15)30-6)24-11-10-17-19(28-4)13-16(26-2)14-20(17)29-5/h8-9,12-14H,7,10-11H2,1-6H3,(H2,23,24,25). The Morgan fingerprint density at radius 3 is 1.97 bits per heavy atom. The van der Waals surface area contributed by atoms with E-state index in [0.717, 1.165) is 17.8 Å². The number of methoxy groups -OCH3 is 5. The Labute approximate surface area is 178 Å². The van der Waals surface area contributed by atoms with Crippen LogP contribution < -0.4 is 34.3 Å². The van der Waals surface area contributed by atoms with E-state index in [0.29, 0.717) is 47.7 Å². The van der Waals surface area contributed by atoms with E-state index in [1.54, 1.807) is 35.5 Å². The topological polar surface area (TPSA) is 82.6 Å². The second-order valence-electron chi connectivity index (χ2n) is 6.22. The van der Waals surface area contributed by atoms with Crippen molar-refractivity contribution in [2.45, 2.75) is 13.3 Å². The number of aliphatic imine (C=N–C) groups is 1. The van der Waals surface area contributed by atoms with Crippen LogP contribution in [0.25, 0.3) is 0 Å². The molecule has 0 bridgehead atoms. The fourth-order valence-corrected chi connectivity index (χ4v) is 2.96. The fraction of sp³-hybridized carbons (Fsp3) is 0.409. The van der Waals surface area contributed by atoms with Crippen LogP contribution >= 0.6 is 0 Å². The highest BCUT2D eigenvalue weighted by Gasteiger charge is 2.13. The van der Waals surface area contributed by atoms with Gasteiger partial charge >= 0.3 is 0 Å². The molecule has 0 aromatic heterocycles. The van der Waals surface area contributed by atoms with Gasteiger partial charge in [0.1, 0.15) is 17.2 Å². The Morgan fingerprint density at radius 2 is 1.43 bits per heavy atom. The summed E-state index contributed by atoms with van der Waals surface area (Å²) in [5, 5.41) is 6.53. The minimum atomic E-state index is 0.529. The van der Waals surface area contributed by atoms with Crippen molar-refractivity contribution in [3.63, 3.8) is 0 Å². The Kier molecular flexibility index (Phi) is 8.93. The summed E-state index contributed by atoms with van der Waals surface area (Å²) in [7, 11) is 8.09. The first-order valence-corrected chi connectivity index (χ1v) is 9.66. The summed E-state index contributed by atoms with van der Waals surface area (Å²) < 4.78 is 27.0. The van der Waals surface area contributed by atoms with Crippen molar-refractivity contribution in [3.05, 3.63) is 35.9 Å². The van der Waals surface area contributed by atoms with Gasteiger partial charge in [-0.1, -0.05) is 0 Å².